The van der Waals surface area contributed by atoms with Crippen molar-refractivity contribution in [2.24, 2.45) is 0 Å². The van der Waals surface area contributed by atoms with Crippen molar-refractivity contribution in [1.29, 1.82) is 0 Å². The zero-order valence-corrected chi connectivity index (χ0v) is 40.4. The number of hydrogen-bond acceptors (Lipinski definition) is 5. The number of benzene rings is 11. The van der Waals surface area contributed by atoms with E-state index in [0.29, 0.717) is 17.5 Å². The van der Waals surface area contributed by atoms with Crippen LogP contribution in [0.15, 0.2) is 264 Å². The molecule has 0 bridgehead atoms. The third kappa shape index (κ3) is 7.22. The van der Waals surface area contributed by atoms with Gasteiger partial charge in [-0.15, -0.1) is 0 Å². The van der Waals surface area contributed by atoms with E-state index in [-0.39, 0.29) is 0 Å². The number of hydrogen-bond donors (Lipinski definition) is 0. The van der Waals surface area contributed by atoms with Crippen molar-refractivity contribution in [3.05, 3.63) is 255 Å². The number of rotatable bonds is 8. The molecule has 15 aromatic rings. The molecule has 75 heavy (non-hydrogen) atoms. The van der Waals surface area contributed by atoms with E-state index in [1.54, 1.807) is 0 Å². The lowest BCUT2D eigenvalue weighted by atomic mass is 9.92. The Balaban J connectivity index is 1.02. The van der Waals surface area contributed by atoms with Crippen LogP contribution in [0.25, 0.3) is 150 Å². The average molecular weight is 959 g/mol. The van der Waals surface area contributed by atoms with E-state index in [1.165, 1.54) is 10.8 Å². The molecule has 0 unspecified atom stereocenters. The van der Waals surface area contributed by atoms with Crippen LogP contribution in [0.4, 0.5) is 0 Å². The highest BCUT2D eigenvalue weighted by Gasteiger charge is 2.25. The van der Waals surface area contributed by atoms with E-state index in [0.717, 1.165) is 122 Å². The Bertz CT molecular complexity index is 4400. The molecule has 0 spiro atoms. The van der Waals surface area contributed by atoms with Gasteiger partial charge < -0.3 is 13.4 Å². The molecule has 0 aliphatic carbocycles. The minimum atomic E-state index is 0.526. The number of furan rings is 2. The van der Waals surface area contributed by atoms with Gasteiger partial charge in [-0.2, -0.15) is 0 Å². The minimum absolute atomic E-state index is 0.526. The fourth-order valence-corrected chi connectivity index (χ4v) is 11.1. The summed E-state index contributed by atoms with van der Waals surface area (Å²) < 4.78 is 15.4. The van der Waals surface area contributed by atoms with Crippen molar-refractivity contribution in [2.45, 2.75) is 0 Å². The monoisotopic (exact) mass is 958 g/mol. The van der Waals surface area contributed by atoms with Crippen molar-refractivity contribution < 1.29 is 8.83 Å². The van der Waals surface area contributed by atoms with Gasteiger partial charge in [0.25, 0.3) is 0 Å². The van der Waals surface area contributed by atoms with Crippen molar-refractivity contribution in [2.75, 3.05) is 0 Å². The third-order valence-electron chi connectivity index (χ3n) is 14.7. The molecule has 4 heterocycles. The summed E-state index contributed by atoms with van der Waals surface area (Å²) in [6, 6.07) is 89.8. The summed E-state index contributed by atoms with van der Waals surface area (Å²) in [5, 5.41) is 6.53. The molecule has 0 saturated heterocycles. The summed E-state index contributed by atoms with van der Waals surface area (Å²) in [6.07, 6.45) is 0. The molecule has 0 aliphatic heterocycles. The van der Waals surface area contributed by atoms with Gasteiger partial charge >= 0.3 is 0 Å². The molecule has 0 N–H and O–H groups in total. The van der Waals surface area contributed by atoms with Gasteiger partial charge in [0.1, 0.15) is 22.3 Å². The lowest BCUT2D eigenvalue weighted by Crippen LogP contribution is -2.04. The average Bonchev–Trinajstić information content (AvgIpc) is 4.16. The quantitative estimate of drug-likeness (QED) is 0.152. The predicted octanol–water partition coefficient (Wildman–Crippen LogP) is 18.4. The van der Waals surface area contributed by atoms with Crippen LogP contribution in [0.2, 0.25) is 0 Å². The lowest BCUT2D eigenvalue weighted by molar-refractivity contribution is 0.668. The van der Waals surface area contributed by atoms with Crippen molar-refractivity contribution in [1.82, 2.24) is 19.5 Å². The molecule has 0 fully saturated rings. The van der Waals surface area contributed by atoms with E-state index < -0.39 is 0 Å². The first-order valence-electron chi connectivity index (χ1n) is 25.2. The highest BCUT2D eigenvalue weighted by Crippen LogP contribution is 2.46. The van der Waals surface area contributed by atoms with Crippen LogP contribution < -0.4 is 0 Å². The van der Waals surface area contributed by atoms with E-state index in [2.05, 4.69) is 211 Å². The fourth-order valence-electron chi connectivity index (χ4n) is 11.1. The fraction of sp³-hybridized carbons (Fsp3) is 0. The van der Waals surface area contributed by atoms with Crippen LogP contribution in [0.5, 0.6) is 0 Å². The van der Waals surface area contributed by atoms with Gasteiger partial charge in [-0.25, -0.2) is 15.0 Å². The summed E-state index contributed by atoms with van der Waals surface area (Å²) >= 11 is 0. The van der Waals surface area contributed by atoms with Gasteiger partial charge in [0.05, 0.1) is 16.7 Å². The van der Waals surface area contributed by atoms with Crippen LogP contribution in [0.1, 0.15) is 0 Å². The molecule has 0 atom stereocenters. The Morgan fingerprint density at radius 1 is 0.240 bits per heavy atom. The van der Waals surface area contributed by atoms with Gasteiger partial charge in [-0.05, 0) is 94.0 Å². The first-order chi connectivity index (χ1) is 37.1. The van der Waals surface area contributed by atoms with Gasteiger partial charge in [0.15, 0.2) is 17.5 Å². The van der Waals surface area contributed by atoms with Crippen LogP contribution in [0, 0.1) is 0 Å². The van der Waals surface area contributed by atoms with Crippen molar-refractivity contribution in [3.63, 3.8) is 0 Å². The van der Waals surface area contributed by atoms with E-state index in [9.17, 15) is 0 Å². The molecule has 6 nitrogen and oxygen atoms in total. The largest absolute Gasteiger partial charge is 0.456 e. The second-order valence-corrected chi connectivity index (χ2v) is 19.1. The molecule has 0 aliphatic rings. The van der Waals surface area contributed by atoms with E-state index >= 15 is 0 Å². The molecule has 350 valence electrons. The van der Waals surface area contributed by atoms with Crippen LogP contribution in [0.3, 0.4) is 0 Å². The second-order valence-electron chi connectivity index (χ2n) is 19.1. The predicted molar refractivity (Wildman–Crippen MR) is 307 cm³/mol. The Hall–Kier alpha value is -10.2. The van der Waals surface area contributed by atoms with E-state index in [4.69, 9.17) is 23.8 Å². The van der Waals surface area contributed by atoms with Crippen LogP contribution >= 0.6 is 0 Å². The first kappa shape index (κ1) is 42.5. The van der Waals surface area contributed by atoms with Gasteiger partial charge in [0.2, 0.25) is 0 Å². The molecular formula is C69H42N4O2. The SMILES string of the molecule is c1ccc(-c2ccc3c4ccc(-c5ccccc5)cc4n(-c4c(-c5ccccc5)cc(-c5nc(-c6ccc7c(c6)oc6ccccc67)nc(-c6ccc7c(c6)oc6ccccc67)n5)cc4-c4ccccc4)c3c2)cc1. The summed E-state index contributed by atoms with van der Waals surface area (Å²) in [7, 11) is 0. The molecule has 6 heteroatoms. The van der Waals surface area contributed by atoms with E-state index in [1.807, 2.05) is 48.5 Å². The summed E-state index contributed by atoms with van der Waals surface area (Å²) in [5.74, 6) is 1.58. The highest BCUT2D eigenvalue weighted by molar-refractivity contribution is 6.13. The highest BCUT2D eigenvalue weighted by atomic mass is 16.3. The number of nitrogens with zero attached hydrogens (tertiary/aromatic N) is 4. The third-order valence-corrected chi connectivity index (χ3v) is 14.7. The standard InChI is InChI=1S/C69H42N4O2/c1-5-17-43(18-6-1)47-29-33-52-53-34-30-48(44-19-7-2-8-20-44)40-61(53)73(60(52)39-47)66-58(45-21-9-3-10-22-45)37-51(38-59(66)46-23-11-4-12-24-46)69-71-67(49-31-35-56-54-25-13-15-27-62(54)74-64(56)41-49)70-68(72-69)50-32-36-57-55-26-14-16-28-63(55)75-65(57)42-50/h1-42H. The topological polar surface area (TPSA) is 69.9 Å². The molecule has 15 rings (SSSR count). The van der Waals surface area contributed by atoms with Gasteiger partial charge in [-0.3, -0.25) is 0 Å². The van der Waals surface area contributed by atoms with Crippen LogP contribution in [-0.2, 0) is 0 Å². The number of aromatic nitrogens is 4. The van der Waals surface area contributed by atoms with Gasteiger partial charge in [-0.1, -0.05) is 194 Å². The molecular weight excluding hydrogens is 917 g/mol. The Kier molecular flexibility index (Phi) is 9.78. The smallest absolute Gasteiger partial charge is 0.164 e. The maximum atomic E-state index is 6.44. The minimum Gasteiger partial charge on any atom is -0.456 e. The maximum absolute atomic E-state index is 6.44. The summed E-state index contributed by atoms with van der Waals surface area (Å²) in [5.41, 5.74) is 17.7. The molecule has 0 amide bonds. The summed E-state index contributed by atoms with van der Waals surface area (Å²) in [4.78, 5) is 16.1. The molecule has 4 aromatic heterocycles. The maximum Gasteiger partial charge on any atom is 0.164 e. The lowest BCUT2D eigenvalue weighted by Gasteiger charge is -2.21. The van der Waals surface area contributed by atoms with Gasteiger partial charge in [0, 0.05) is 60.1 Å². The number of para-hydroxylation sites is 2. The zero-order chi connectivity index (χ0) is 49.4. The zero-order valence-electron chi connectivity index (χ0n) is 40.4. The summed E-state index contributed by atoms with van der Waals surface area (Å²) in [6.45, 7) is 0. The first-order valence-corrected chi connectivity index (χ1v) is 25.2. The normalized spacial score (nSPS) is 11.7. The van der Waals surface area contributed by atoms with Crippen LogP contribution in [-0.4, -0.2) is 19.5 Å². The Morgan fingerprint density at radius 3 is 1.03 bits per heavy atom. The van der Waals surface area contributed by atoms with Crippen molar-refractivity contribution in [3.8, 4) is 84.4 Å². The molecule has 11 aromatic carbocycles. The Morgan fingerprint density at radius 2 is 0.587 bits per heavy atom. The molecule has 0 radical (unpaired) electrons. The Labute approximate surface area is 431 Å². The van der Waals surface area contributed by atoms with Crippen molar-refractivity contribution >= 4 is 65.7 Å². The second kappa shape index (κ2) is 17.3. The molecule has 0 saturated carbocycles. The number of fused-ring (bicyclic) bond motifs is 9.